The Labute approximate surface area is 113 Å². The molecule has 0 saturated heterocycles. The molecule has 96 valence electrons. The molecule has 1 heterocycles. The van der Waals surface area contributed by atoms with Gasteiger partial charge in [0, 0.05) is 11.1 Å². The summed E-state index contributed by atoms with van der Waals surface area (Å²) >= 11 is 5.87. The van der Waals surface area contributed by atoms with E-state index in [0.29, 0.717) is 10.8 Å². The number of aromatic nitrogens is 2. The van der Waals surface area contributed by atoms with Gasteiger partial charge in [0.2, 0.25) is 0 Å². The van der Waals surface area contributed by atoms with Gasteiger partial charge in [-0.15, -0.1) is 0 Å². The molecule has 4 heteroatoms. The van der Waals surface area contributed by atoms with Crippen LogP contribution in [0.1, 0.15) is 26.5 Å². The van der Waals surface area contributed by atoms with Crippen molar-refractivity contribution >= 4 is 17.4 Å². The Morgan fingerprint density at radius 3 is 2.39 bits per heavy atom. The Kier molecular flexibility index (Phi) is 3.35. The van der Waals surface area contributed by atoms with E-state index in [1.165, 1.54) is 0 Å². The highest BCUT2D eigenvalue weighted by molar-refractivity contribution is 6.30. The van der Waals surface area contributed by atoms with Crippen LogP contribution in [0.25, 0.3) is 5.69 Å². The van der Waals surface area contributed by atoms with Crippen molar-refractivity contribution in [2.75, 3.05) is 5.73 Å². The number of nitrogen functional groups attached to an aromatic ring is 1. The maximum absolute atomic E-state index is 6.00. The highest BCUT2D eigenvalue weighted by atomic mass is 35.5. The summed E-state index contributed by atoms with van der Waals surface area (Å²) in [5, 5.41) is 5.25. The summed E-state index contributed by atoms with van der Waals surface area (Å²) in [4.78, 5) is 0. The number of anilines is 1. The van der Waals surface area contributed by atoms with Crippen molar-refractivity contribution in [1.82, 2.24) is 9.78 Å². The van der Waals surface area contributed by atoms with Crippen LogP contribution in [0.3, 0.4) is 0 Å². The van der Waals surface area contributed by atoms with Crippen LogP contribution >= 0.6 is 11.6 Å². The molecular weight excluding hydrogens is 246 g/mol. The zero-order chi connectivity index (χ0) is 13.3. The SMILES string of the molecule is CC(C)(C)Cc1cc(N)n(-c2ccc(Cl)cc2)n1. The summed E-state index contributed by atoms with van der Waals surface area (Å²) in [5.41, 5.74) is 8.13. The number of hydrogen-bond donors (Lipinski definition) is 1. The Morgan fingerprint density at radius 1 is 1.22 bits per heavy atom. The minimum absolute atomic E-state index is 0.200. The first-order chi connectivity index (χ1) is 8.35. The second-order valence-corrected chi connectivity index (χ2v) is 6.12. The summed E-state index contributed by atoms with van der Waals surface area (Å²) in [6.07, 6.45) is 0.901. The van der Waals surface area contributed by atoms with Crippen LogP contribution in [-0.4, -0.2) is 9.78 Å². The van der Waals surface area contributed by atoms with E-state index in [1.807, 2.05) is 30.3 Å². The highest BCUT2D eigenvalue weighted by Crippen LogP contribution is 2.23. The Morgan fingerprint density at radius 2 is 1.83 bits per heavy atom. The van der Waals surface area contributed by atoms with Gasteiger partial charge in [0.15, 0.2) is 0 Å². The van der Waals surface area contributed by atoms with E-state index >= 15 is 0 Å². The molecule has 0 radical (unpaired) electrons. The van der Waals surface area contributed by atoms with Crippen molar-refractivity contribution in [3.63, 3.8) is 0 Å². The summed E-state index contributed by atoms with van der Waals surface area (Å²) in [6.45, 7) is 6.56. The van der Waals surface area contributed by atoms with Crippen molar-refractivity contribution in [1.29, 1.82) is 0 Å². The molecule has 2 N–H and O–H groups in total. The fraction of sp³-hybridized carbons (Fsp3) is 0.357. The molecule has 1 aromatic heterocycles. The van der Waals surface area contributed by atoms with E-state index in [0.717, 1.165) is 17.8 Å². The molecule has 2 rings (SSSR count). The predicted octanol–water partition coefficient (Wildman–Crippen LogP) is 3.70. The molecule has 0 aliphatic rings. The molecule has 0 unspecified atom stereocenters. The topological polar surface area (TPSA) is 43.8 Å². The minimum atomic E-state index is 0.200. The maximum atomic E-state index is 6.00. The molecule has 0 saturated carbocycles. The van der Waals surface area contributed by atoms with Gasteiger partial charge in [-0.05, 0) is 36.1 Å². The van der Waals surface area contributed by atoms with Crippen LogP contribution < -0.4 is 5.73 Å². The Hall–Kier alpha value is -1.48. The molecule has 0 atom stereocenters. The number of nitrogens with two attached hydrogens (primary N) is 1. The van der Waals surface area contributed by atoms with Gasteiger partial charge >= 0.3 is 0 Å². The molecule has 18 heavy (non-hydrogen) atoms. The lowest BCUT2D eigenvalue weighted by molar-refractivity contribution is 0.405. The van der Waals surface area contributed by atoms with Gasteiger partial charge in [-0.1, -0.05) is 32.4 Å². The molecule has 0 spiro atoms. The average Bonchev–Trinajstić information content (AvgIpc) is 2.58. The molecule has 0 fully saturated rings. The predicted molar refractivity (Wildman–Crippen MR) is 76.1 cm³/mol. The largest absolute Gasteiger partial charge is 0.384 e. The van der Waals surface area contributed by atoms with Crippen LogP contribution in [0.2, 0.25) is 5.02 Å². The molecular formula is C14H18ClN3. The van der Waals surface area contributed by atoms with Crippen LogP contribution in [-0.2, 0) is 6.42 Å². The van der Waals surface area contributed by atoms with E-state index in [9.17, 15) is 0 Å². The van der Waals surface area contributed by atoms with E-state index < -0.39 is 0 Å². The fourth-order valence-corrected chi connectivity index (χ4v) is 1.99. The average molecular weight is 264 g/mol. The molecule has 0 amide bonds. The lowest BCUT2D eigenvalue weighted by atomic mass is 9.91. The summed E-state index contributed by atoms with van der Waals surface area (Å²) < 4.78 is 1.75. The van der Waals surface area contributed by atoms with Gasteiger partial charge in [0.05, 0.1) is 11.4 Å². The quantitative estimate of drug-likeness (QED) is 0.898. The van der Waals surface area contributed by atoms with Crippen molar-refractivity contribution in [2.45, 2.75) is 27.2 Å². The van der Waals surface area contributed by atoms with Crippen molar-refractivity contribution in [2.24, 2.45) is 5.41 Å². The Bertz CT molecular complexity index is 535. The van der Waals surface area contributed by atoms with E-state index in [4.69, 9.17) is 17.3 Å². The van der Waals surface area contributed by atoms with Crippen LogP contribution in [0.5, 0.6) is 0 Å². The van der Waals surface area contributed by atoms with Gasteiger partial charge in [-0.3, -0.25) is 0 Å². The summed E-state index contributed by atoms with van der Waals surface area (Å²) in [7, 11) is 0. The summed E-state index contributed by atoms with van der Waals surface area (Å²) in [6, 6.07) is 9.42. The standard InChI is InChI=1S/C14H18ClN3/c1-14(2,3)9-11-8-13(16)18(17-11)12-6-4-10(15)5-7-12/h4-8H,9,16H2,1-3H3. The van der Waals surface area contributed by atoms with Crippen LogP contribution in [0, 0.1) is 5.41 Å². The van der Waals surface area contributed by atoms with Crippen molar-refractivity contribution < 1.29 is 0 Å². The molecule has 0 aliphatic carbocycles. The van der Waals surface area contributed by atoms with E-state index in [-0.39, 0.29) is 5.41 Å². The number of nitrogens with zero attached hydrogens (tertiary/aromatic N) is 2. The van der Waals surface area contributed by atoms with Gasteiger partial charge in [0.25, 0.3) is 0 Å². The maximum Gasteiger partial charge on any atom is 0.127 e. The molecule has 3 nitrogen and oxygen atoms in total. The van der Waals surface area contributed by atoms with Crippen molar-refractivity contribution in [3.8, 4) is 5.69 Å². The fourth-order valence-electron chi connectivity index (χ4n) is 1.87. The number of benzene rings is 1. The Balaban J connectivity index is 2.32. The third-order valence-electron chi connectivity index (χ3n) is 2.57. The molecule has 2 aromatic rings. The minimum Gasteiger partial charge on any atom is -0.384 e. The van der Waals surface area contributed by atoms with Gasteiger partial charge in [-0.25, -0.2) is 4.68 Å². The smallest absolute Gasteiger partial charge is 0.127 e. The number of halogens is 1. The normalized spacial score (nSPS) is 11.8. The van der Waals surface area contributed by atoms with E-state index in [1.54, 1.807) is 4.68 Å². The zero-order valence-corrected chi connectivity index (χ0v) is 11.7. The number of rotatable bonds is 2. The van der Waals surface area contributed by atoms with Gasteiger partial charge in [-0.2, -0.15) is 5.10 Å². The monoisotopic (exact) mass is 263 g/mol. The van der Waals surface area contributed by atoms with Gasteiger partial charge in [0.1, 0.15) is 5.82 Å². The van der Waals surface area contributed by atoms with E-state index in [2.05, 4.69) is 25.9 Å². The van der Waals surface area contributed by atoms with Crippen LogP contribution in [0.4, 0.5) is 5.82 Å². The summed E-state index contributed by atoms with van der Waals surface area (Å²) in [5.74, 6) is 0.650. The first kappa shape index (κ1) is 13.0. The molecule has 0 bridgehead atoms. The molecule has 0 aliphatic heterocycles. The third kappa shape index (κ3) is 3.05. The highest BCUT2D eigenvalue weighted by Gasteiger charge is 2.15. The van der Waals surface area contributed by atoms with Crippen molar-refractivity contribution in [3.05, 3.63) is 41.0 Å². The zero-order valence-electron chi connectivity index (χ0n) is 10.9. The first-order valence-corrected chi connectivity index (χ1v) is 6.33. The lowest BCUT2D eigenvalue weighted by Gasteiger charge is -2.15. The second-order valence-electron chi connectivity index (χ2n) is 5.69. The third-order valence-corrected chi connectivity index (χ3v) is 2.82. The number of hydrogen-bond acceptors (Lipinski definition) is 2. The lowest BCUT2D eigenvalue weighted by Crippen LogP contribution is -2.10. The first-order valence-electron chi connectivity index (χ1n) is 5.95. The second kappa shape index (κ2) is 4.65. The van der Waals surface area contributed by atoms with Crippen LogP contribution in [0.15, 0.2) is 30.3 Å². The van der Waals surface area contributed by atoms with Gasteiger partial charge < -0.3 is 5.73 Å². The molecule has 1 aromatic carbocycles.